The molecule has 5 nitrogen and oxygen atoms in total. The van der Waals surface area contributed by atoms with E-state index < -0.39 is 8.32 Å². The molecule has 1 rings (SSSR count). The fraction of sp³-hybridized carbons (Fsp3) is 0.867. The quantitative estimate of drug-likeness (QED) is 0.320. The van der Waals surface area contributed by atoms with Crippen LogP contribution in [0.2, 0.25) is 18.1 Å². The number of carbonyl (C=O) groups excluding carboxylic acids is 2. The minimum Gasteiger partial charge on any atom is -0.469 e. The molecule has 0 aromatic heterocycles. The molecule has 1 amide bonds. The highest BCUT2D eigenvalue weighted by Gasteiger charge is 2.53. The Bertz CT molecular complexity index is 436. The van der Waals surface area contributed by atoms with Crippen LogP contribution in [0.3, 0.4) is 0 Å². The van der Waals surface area contributed by atoms with Gasteiger partial charge in [0.15, 0.2) is 8.32 Å². The van der Waals surface area contributed by atoms with Crippen LogP contribution in [-0.2, 0) is 18.8 Å². The van der Waals surface area contributed by atoms with Gasteiger partial charge in [-0.15, -0.1) is 0 Å². The second-order valence-electron chi connectivity index (χ2n) is 7.30. The van der Waals surface area contributed by atoms with E-state index in [1.165, 1.54) is 19.1 Å². The number of hydrogen-bond donors (Lipinski definition) is 0. The van der Waals surface area contributed by atoms with Gasteiger partial charge < -0.3 is 9.16 Å². The Labute approximate surface area is 139 Å². The lowest BCUT2D eigenvalue weighted by Gasteiger charge is -2.49. The van der Waals surface area contributed by atoms with Crippen molar-refractivity contribution in [2.75, 3.05) is 13.4 Å². The first kappa shape index (κ1) is 19.5. The number of ether oxygens (including phenoxy) is 1. The van der Waals surface area contributed by atoms with E-state index in [0.717, 1.165) is 0 Å². The first-order valence-electron chi connectivity index (χ1n) is 7.58. The van der Waals surface area contributed by atoms with Crippen molar-refractivity contribution in [2.24, 2.45) is 5.92 Å². The summed E-state index contributed by atoms with van der Waals surface area (Å²) in [6.07, 6.45) is 1.88. The van der Waals surface area contributed by atoms with Crippen LogP contribution in [0.4, 0.5) is 0 Å². The number of nitrogens with zero attached hydrogens (tertiary/aromatic N) is 1. The van der Waals surface area contributed by atoms with Crippen LogP contribution in [0.15, 0.2) is 0 Å². The number of carbonyl (C=O) groups is 2. The van der Waals surface area contributed by atoms with Crippen LogP contribution in [0.25, 0.3) is 0 Å². The van der Waals surface area contributed by atoms with E-state index in [-0.39, 0.29) is 41.4 Å². The molecule has 128 valence electrons. The van der Waals surface area contributed by atoms with E-state index >= 15 is 0 Å². The summed E-state index contributed by atoms with van der Waals surface area (Å²) in [5.74, 6) is -0.505. The molecule has 1 saturated heterocycles. The van der Waals surface area contributed by atoms with Crippen molar-refractivity contribution < 1.29 is 18.8 Å². The predicted molar refractivity (Wildman–Crippen MR) is 92.0 cm³/mol. The normalized spacial score (nSPS) is 24.0. The van der Waals surface area contributed by atoms with E-state index in [9.17, 15) is 9.59 Å². The molecule has 0 saturated carbocycles. The Morgan fingerprint density at radius 2 is 1.95 bits per heavy atom. The number of β-lactam (4-membered cyclic amide) rings is 1. The lowest BCUT2D eigenvalue weighted by atomic mass is 9.84. The first-order chi connectivity index (χ1) is 9.96. The lowest BCUT2D eigenvalue weighted by molar-refractivity contribution is -0.156. The second-order valence-corrected chi connectivity index (χ2v) is 12.8. The van der Waals surface area contributed by atoms with Crippen molar-refractivity contribution in [3.05, 3.63) is 0 Å². The molecular formula is C15H29NO4SSi. The van der Waals surface area contributed by atoms with Gasteiger partial charge in [0.2, 0.25) is 5.91 Å². The summed E-state index contributed by atoms with van der Waals surface area (Å²) in [5, 5.41) is 0.0884. The van der Waals surface area contributed by atoms with E-state index in [2.05, 4.69) is 33.9 Å². The van der Waals surface area contributed by atoms with Gasteiger partial charge in [0.1, 0.15) is 0 Å². The SMILES string of the molecule is COC(=O)C[C@@H]1[C@@H]([C@@H](C)O[Si](C)(C)C(C)(C)C)C(=O)N1SC. The molecule has 0 radical (unpaired) electrons. The van der Waals surface area contributed by atoms with E-state index in [0.29, 0.717) is 0 Å². The van der Waals surface area contributed by atoms with E-state index in [1.54, 1.807) is 4.31 Å². The molecule has 0 aromatic carbocycles. The third-order valence-electron chi connectivity index (χ3n) is 4.81. The molecule has 0 N–H and O–H groups in total. The summed E-state index contributed by atoms with van der Waals surface area (Å²) in [6, 6.07) is -0.144. The summed E-state index contributed by atoms with van der Waals surface area (Å²) in [5.41, 5.74) is 0. The van der Waals surface area contributed by atoms with Gasteiger partial charge in [-0.2, -0.15) is 0 Å². The van der Waals surface area contributed by atoms with Gasteiger partial charge in [0, 0.05) is 6.26 Å². The Balaban J connectivity index is 2.84. The topological polar surface area (TPSA) is 55.8 Å². The second kappa shape index (κ2) is 6.92. The van der Waals surface area contributed by atoms with Crippen LogP contribution >= 0.6 is 11.9 Å². The predicted octanol–water partition coefficient (Wildman–Crippen LogP) is 3.06. The Kier molecular flexibility index (Phi) is 6.14. The fourth-order valence-electron chi connectivity index (χ4n) is 2.46. The molecule has 1 aliphatic heterocycles. The standard InChI is InChI=1S/C15H29NO4SSi/c1-10(20-22(7,8)15(2,3)4)13-11(9-12(17)19-5)16(21-6)14(13)18/h10-11,13H,9H2,1-8H3/t10-,11-,13-/m1/s1. The molecule has 1 aliphatic rings. The molecule has 1 fully saturated rings. The molecule has 0 aliphatic carbocycles. The molecule has 0 unspecified atom stereocenters. The van der Waals surface area contributed by atoms with Crippen LogP contribution in [0.1, 0.15) is 34.1 Å². The van der Waals surface area contributed by atoms with Gasteiger partial charge in [-0.1, -0.05) is 32.7 Å². The zero-order chi connectivity index (χ0) is 17.3. The van der Waals surface area contributed by atoms with Crippen LogP contribution < -0.4 is 0 Å². The number of methoxy groups -OCH3 is 1. The summed E-state index contributed by atoms with van der Waals surface area (Å²) < 4.78 is 12.8. The van der Waals surface area contributed by atoms with Crippen molar-refractivity contribution in [2.45, 2.75) is 64.4 Å². The third kappa shape index (κ3) is 3.86. The highest BCUT2D eigenvalue weighted by molar-refractivity contribution is 7.96. The largest absolute Gasteiger partial charge is 0.469 e. The molecule has 22 heavy (non-hydrogen) atoms. The molecule has 1 heterocycles. The van der Waals surface area contributed by atoms with Gasteiger partial charge in [-0.3, -0.25) is 13.9 Å². The monoisotopic (exact) mass is 347 g/mol. The summed E-state index contributed by atoms with van der Waals surface area (Å²) in [7, 11) is -0.575. The fourth-order valence-corrected chi connectivity index (χ4v) is 4.66. The third-order valence-corrected chi connectivity index (χ3v) is 10.2. The number of rotatable bonds is 6. The van der Waals surface area contributed by atoms with Crippen molar-refractivity contribution in [1.82, 2.24) is 4.31 Å². The van der Waals surface area contributed by atoms with E-state index in [4.69, 9.17) is 9.16 Å². The van der Waals surface area contributed by atoms with E-state index in [1.807, 2.05) is 13.2 Å². The van der Waals surface area contributed by atoms with Gasteiger partial charge >= 0.3 is 5.97 Å². The molecule has 0 spiro atoms. The zero-order valence-corrected chi connectivity index (χ0v) is 16.7. The Morgan fingerprint density at radius 3 is 2.36 bits per heavy atom. The van der Waals surface area contributed by atoms with Crippen LogP contribution in [0, 0.1) is 5.92 Å². The highest BCUT2D eigenvalue weighted by Crippen LogP contribution is 2.42. The minimum atomic E-state index is -1.95. The zero-order valence-electron chi connectivity index (χ0n) is 14.9. The van der Waals surface area contributed by atoms with Gasteiger partial charge in [0.05, 0.1) is 31.6 Å². The number of esters is 1. The van der Waals surface area contributed by atoms with Gasteiger partial charge in [-0.05, 0) is 25.1 Å². The number of amides is 1. The highest BCUT2D eigenvalue weighted by atomic mass is 32.2. The van der Waals surface area contributed by atoms with Crippen molar-refractivity contribution >= 4 is 32.1 Å². The van der Waals surface area contributed by atoms with Gasteiger partial charge in [-0.25, -0.2) is 0 Å². The molecule has 7 heteroatoms. The molecule has 0 bridgehead atoms. The summed E-state index contributed by atoms with van der Waals surface area (Å²) >= 11 is 1.36. The Hall–Kier alpha value is -0.533. The first-order valence-corrected chi connectivity index (χ1v) is 11.7. The average molecular weight is 348 g/mol. The molecule has 3 atom stereocenters. The lowest BCUT2D eigenvalue weighted by Crippen LogP contribution is -2.63. The van der Waals surface area contributed by atoms with Crippen molar-refractivity contribution in [3.8, 4) is 0 Å². The van der Waals surface area contributed by atoms with Crippen molar-refractivity contribution in [3.63, 3.8) is 0 Å². The summed E-state index contributed by atoms with van der Waals surface area (Å²) in [6.45, 7) is 12.8. The Morgan fingerprint density at radius 1 is 1.41 bits per heavy atom. The average Bonchev–Trinajstić information content (AvgIpc) is 2.36. The van der Waals surface area contributed by atoms with Crippen LogP contribution in [0.5, 0.6) is 0 Å². The molecular weight excluding hydrogens is 318 g/mol. The maximum absolute atomic E-state index is 12.3. The maximum atomic E-state index is 12.3. The number of hydrogen-bond acceptors (Lipinski definition) is 5. The minimum absolute atomic E-state index is 0.0487. The maximum Gasteiger partial charge on any atom is 0.307 e. The van der Waals surface area contributed by atoms with Gasteiger partial charge in [0.25, 0.3) is 0 Å². The smallest absolute Gasteiger partial charge is 0.307 e. The van der Waals surface area contributed by atoms with Crippen molar-refractivity contribution in [1.29, 1.82) is 0 Å². The van der Waals surface area contributed by atoms with Crippen LogP contribution in [-0.4, -0.2) is 50.0 Å². The summed E-state index contributed by atoms with van der Waals surface area (Å²) in [4.78, 5) is 23.9. The molecule has 0 aromatic rings.